The summed E-state index contributed by atoms with van der Waals surface area (Å²) in [5.41, 5.74) is 5.70. The lowest BCUT2D eigenvalue weighted by atomic mass is 9.94. The largest absolute Gasteiger partial charge is 0.504 e. The molecule has 0 aliphatic carbocycles. The van der Waals surface area contributed by atoms with E-state index in [-0.39, 0.29) is 34.0 Å². The molecule has 7 heteroatoms. The van der Waals surface area contributed by atoms with Gasteiger partial charge in [0.05, 0.1) is 7.11 Å². The van der Waals surface area contributed by atoms with Crippen molar-refractivity contribution in [3.05, 3.63) is 51.8 Å². The van der Waals surface area contributed by atoms with Crippen LogP contribution >= 0.6 is 0 Å². The number of H-pyrrole nitrogens is 1. The van der Waals surface area contributed by atoms with Crippen LogP contribution in [0.4, 0.5) is 5.82 Å². The first kappa shape index (κ1) is 16.7. The number of rotatable bonds is 4. The van der Waals surface area contributed by atoms with Crippen molar-refractivity contribution in [3.8, 4) is 34.8 Å². The van der Waals surface area contributed by atoms with Gasteiger partial charge in [-0.1, -0.05) is 6.08 Å². The van der Waals surface area contributed by atoms with Crippen LogP contribution in [0.5, 0.6) is 11.5 Å². The Balaban J connectivity index is 2.94. The van der Waals surface area contributed by atoms with Gasteiger partial charge in [0.2, 0.25) is 0 Å². The van der Waals surface area contributed by atoms with E-state index in [9.17, 15) is 20.4 Å². The molecule has 0 atom stereocenters. The minimum absolute atomic E-state index is 0.0246. The van der Waals surface area contributed by atoms with Crippen LogP contribution in [0.2, 0.25) is 0 Å². The smallest absolute Gasteiger partial charge is 0.268 e. The Morgan fingerprint density at radius 3 is 2.58 bits per heavy atom. The molecule has 7 nitrogen and oxygen atoms in total. The molecule has 0 bridgehead atoms. The molecule has 2 aromatic rings. The summed E-state index contributed by atoms with van der Waals surface area (Å²) in [6.07, 6.45) is 1.92. The highest BCUT2D eigenvalue weighted by molar-refractivity contribution is 5.82. The van der Waals surface area contributed by atoms with E-state index in [1.165, 1.54) is 13.2 Å². The zero-order chi connectivity index (χ0) is 17.9. The lowest BCUT2D eigenvalue weighted by molar-refractivity contribution is 0.371. The Morgan fingerprint density at radius 2 is 2.04 bits per heavy atom. The number of nitriles is 2. The van der Waals surface area contributed by atoms with Gasteiger partial charge in [-0.15, -0.1) is 6.58 Å². The Bertz CT molecular complexity index is 962. The van der Waals surface area contributed by atoms with Crippen molar-refractivity contribution in [2.45, 2.75) is 6.42 Å². The predicted octanol–water partition coefficient (Wildman–Crippen LogP) is 1.81. The fraction of sp³-hybridized carbons (Fsp3) is 0.118. The summed E-state index contributed by atoms with van der Waals surface area (Å²) in [6, 6.07) is 6.70. The molecular formula is C17H14N4O3. The summed E-state index contributed by atoms with van der Waals surface area (Å²) in [6.45, 7) is 3.62. The van der Waals surface area contributed by atoms with Gasteiger partial charge < -0.3 is 20.6 Å². The summed E-state index contributed by atoms with van der Waals surface area (Å²) < 4.78 is 5.13. The van der Waals surface area contributed by atoms with Crippen LogP contribution in [-0.2, 0) is 6.42 Å². The number of benzene rings is 1. The average Bonchev–Trinajstić information content (AvgIpc) is 2.56. The summed E-state index contributed by atoms with van der Waals surface area (Å²) in [4.78, 5) is 14.3. The molecule has 0 aliphatic heterocycles. The highest BCUT2D eigenvalue weighted by atomic mass is 16.5. The molecule has 24 heavy (non-hydrogen) atoms. The molecule has 0 radical (unpaired) electrons. The van der Waals surface area contributed by atoms with Crippen LogP contribution < -0.4 is 16.0 Å². The molecule has 0 saturated heterocycles. The van der Waals surface area contributed by atoms with Crippen molar-refractivity contribution in [1.82, 2.24) is 4.98 Å². The van der Waals surface area contributed by atoms with E-state index < -0.39 is 5.56 Å². The molecule has 1 aromatic heterocycles. The second-order valence-electron chi connectivity index (χ2n) is 4.90. The molecular weight excluding hydrogens is 308 g/mol. The van der Waals surface area contributed by atoms with E-state index in [1.54, 1.807) is 18.2 Å². The van der Waals surface area contributed by atoms with Gasteiger partial charge in [0.25, 0.3) is 5.56 Å². The number of nitrogens with one attached hydrogen (secondary N) is 1. The van der Waals surface area contributed by atoms with Crippen LogP contribution in [0.3, 0.4) is 0 Å². The number of phenolic OH excluding ortho intramolecular Hbond substituents is 1. The summed E-state index contributed by atoms with van der Waals surface area (Å²) in [5.74, 6) is -0.0548. The Morgan fingerprint density at radius 1 is 1.38 bits per heavy atom. The van der Waals surface area contributed by atoms with Crippen molar-refractivity contribution >= 4 is 5.82 Å². The molecule has 0 amide bonds. The normalized spacial score (nSPS) is 9.79. The number of hydrogen-bond acceptors (Lipinski definition) is 6. The lowest BCUT2D eigenvalue weighted by Crippen LogP contribution is -2.16. The molecule has 1 aromatic carbocycles. The number of aromatic amines is 1. The van der Waals surface area contributed by atoms with Gasteiger partial charge >= 0.3 is 0 Å². The molecule has 0 saturated carbocycles. The van der Waals surface area contributed by atoms with Crippen molar-refractivity contribution in [3.63, 3.8) is 0 Å². The fourth-order valence-electron chi connectivity index (χ4n) is 2.41. The number of nitrogens with two attached hydrogens (primary N) is 1. The van der Waals surface area contributed by atoms with E-state index in [4.69, 9.17) is 10.5 Å². The first-order valence-electron chi connectivity index (χ1n) is 6.85. The molecule has 1 heterocycles. The van der Waals surface area contributed by atoms with Gasteiger partial charge in [0, 0.05) is 11.1 Å². The van der Waals surface area contributed by atoms with Crippen LogP contribution in [0.15, 0.2) is 29.6 Å². The SMILES string of the molecule is C=CCc1cc(-c2c(C#N)c(N)[nH]c(=O)c2C#N)cc(OC)c1O. The van der Waals surface area contributed by atoms with Crippen molar-refractivity contribution < 1.29 is 9.84 Å². The van der Waals surface area contributed by atoms with Gasteiger partial charge in [-0.2, -0.15) is 10.5 Å². The van der Waals surface area contributed by atoms with Gasteiger partial charge in [0.1, 0.15) is 29.1 Å². The number of phenols is 1. The monoisotopic (exact) mass is 322 g/mol. The summed E-state index contributed by atoms with van der Waals surface area (Å²) in [5, 5.41) is 28.8. The molecule has 120 valence electrons. The molecule has 0 fully saturated rings. The van der Waals surface area contributed by atoms with Gasteiger partial charge in [-0.05, 0) is 24.1 Å². The van der Waals surface area contributed by atoms with Crippen molar-refractivity contribution in [2.24, 2.45) is 0 Å². The topological polar surface area (TPSA) is 136 Å². The third-order valence-corrected chi connectivity index (χ3v) is 3.49. The lowest BCUT2D eigenvalue weighted by Gasteiger charge is -2.14. The third kappa shape index (κ3) is 2.67. The molecule has 2 rings (SSSR count). The first-order valence-corrected chi connectivity index (χ1v) is 6.85. The number of hydrogen-bond donors (Lipinski definition) is 3. The highest BCUT2D eigenvalue weighted by Gasteiger charge is 2.20. The maximum atomic E-state index is 12.0. The Hall–Kier alpha value is -3.71. The van der Waals surface area contributed by atoms with Crippen molar-refractivity contribution in [2.75, 3.05) is 12.8 Å². The van der Waals surface area contributed by atoms with E-state index in [2.05, 4.69) is 11.6 Å². The van der Waals surface area contributed by atoms with Crippen LogP contribution in [0.1, 0.15) is 16.7 Å². The Kier molecular flexibility index (Phi) is 4.57. The minimum Gasteiger partial charge on any atom is -0.504 e. The molecule has 4 N–H and O–H groups in total. The highest BCUT2D eigenvalue weighted by Crippen LogP contribution is 2.38. The Labute approximate surface area is 137 Å². The van der Waals surface area contributed by atoms with E-state index in [0.29, 0.717) is 17.5 Å². The standard InChI is InChI=1S/C17H14N4O3/c1-3-4-9-5-10(6-13(24-2)15(9)22)14-11(7-18)16(20)21-17(23)12(14)8-19/h3,5-6,22H,1,4H2,2H3,(H3,20,21,23). The number of methoxy groups -OCH3 is 1. The number of aromatic nitrogens is 1. The van der Waals surface area contributed by atoms with E-state index in [1.807, 2.05) is 6.07 Å². The molecule has 0 aliphatic rings. The number of anilines is 1. The summed E-state index contributed by atoms with van der Waals surface area (Å²) >= 11 is 0. The van der Waals surface area contributed by atoms with Gasteiger partial charge in [0.15, 0.2) is 11.5 Å². The van der Waals surface area contributed by atoms with E-state index in [0.717, 1.165) is 0 Å². The predicted molar refractivity (Wildman–Crippen MR) is 88.5 cm³/mol. The average molecular weight is 322 g/mol. The van der Waals surface area contributed by atoms with Crippen LogP contribution in [-0.4, -0.2) is 17.2 Å². The molecule has 0 unspecified atom stereocenters. The number of nitrogen functional groups attached to an aromatic ring is 1. The second kappa shape index (κ2) is 6.59. The van der Waals surface area contributed by atoms with Gasteiger partial charge in [-0.3, -0.25) is 4.79 Å². The van der Waals surface area contributed by atoms with Crippen LogP contribution in [0.25, 0.3) is 11.1 Å². The number of nitrogens with zero attached hydrogens (tertiary/aromatic N) is 2. The zero-order valence-corrected chi connectivity index (χ0v) is 12.9. The summed E-state index contributed by atoms with van der Waals surface area (Å²) in [7, 11) is 1.37. The zero-order valence-electron chi connectivity index (χ0n) is 12.9. The number of ether oxygens (including phenoxy) is 1. The second-order valence-corrected chi connectivity index (χ2v) is 4.90. The minimum atomic E-state index is -0.693. The number of aromatic hydroxyl groups is 1. The van der Waals surface area contributed by atoms with Crippen molar-refractivity contribution in [1.29, 1.82) is 10.5 Å². The molecule has 0 spiro atoms. The third-order valence-electron chi connectivity index (χ3n) is 3.49. The van der Waals surface area contributed by atoms with E-state index >= 15 is 0 Å². The quantitative estimate of drug-likeness (QED) is 0.734. The maximum absolute atomic E-state index is 12.0. The first-order chi connectivity index (χ1) is 11.5. The number of allylic oxidation sites excluding steroid dienone is 1. The number of pyridine rings is 1. The van der Waals surface area contributed by atoms with Crippen LogP contribution in [0, 0.1) is 22.7 Å². The fourth-order valence-corrected chi connectivity index (χ4v) is 2.41. The maximum Gasteiger partial charge on any atom is 0.268 e. The van der Waals surface area contributed by atoms with Gasteiger partial charge in [-0.25, -0.2) is 0 Å².